The molecule has 2 aromatic carbocycles. The molecule has 0 fully saturated rings. The number of hydrogen-bond donors (Lipinski definition) is 0. The number of nitrogens with zero attached hydrogens (tertiary/aromatic N) is 2. The van der Waals surface area contributed by atoms with E-state index < -0.39 is 29.5 Å². The summed E-state index contributed by atoms with van der Waals surface area (Å²) in [4.78, 5) is 33.9. The number of rotatable bonds is 9. The summed E-state index contributed by atoms with van der Waals surface area (Å²) >= 11 is 0. The fraction of sp³-hybridized carbons (Fsp3) is 0.143. The van der Waals surface area contributed by atoms with E-state index in [9.17, 15) is 27.2 Å². The van der Waals surface area contributed by atoms with Gasteiger partial charge in [-0.2, -0.15) is 0 Å². The number of Topliss-reactive ketones (excluding diaryl/α,β-unsaturated/α-hetero) is 2. The third kappa shape index (κ3) is 6.84. The highest BCUT2D eigenvalue weighted by Gasteiger charge is 2.33. The standard InChI is InChI=1S/C28H20F4N2O3/c29-23-6-2-1-5-21(23)24-10-7-19(17-34-24)14-26(36)20-9-12-27(37-28(30,31)32)22(15-20)25(35)11-8-18-4-3-13-33-16-18/h1-7,9-10,12-13,15-17H,8,11,14H2. The zero-order chi connectivity index (χ0) is 26.4. The molecule has 0 atom stereocenters. The maximum absolute atomic E-state index is 14.0. The van der Waals surface area contributed by atoms with Crippen LogP contribution in [-0.4, -0.2) is 27.9 Å². The number of hydrogen-bond acceptors (Lipinski definition) is 5. The molecule has 0 N–H and O–H groups in total. The van der Waals surface area contributed by atoms with E-state index in [4.69, 9.17) is 0 Å². The van der Waals surface area contributed by atoms with Crippen molar-refractivity contribution in [3.63, 3.8) is 0 Å². The van der Waals surface area contributed by atoms with Gasteiger partial charge in [-0.25, -0.2) is 4.39 Å². The van der Waals surface area contributed by atoms with E-state index >= 15 is 0 Å². The second-order valence-electron chi connectivity index (χ2n) is 8.17. The van der Waals surface area contributed by atoms with Crippen molar-refractivity contribution in [1.29, 1.82) is 0 Å². The number of halogens is 4. The molecule has 0 spiro atoms. The van der Waals surface area contributed by atoms with Crippen molar-refractivity contribution < 1.29 is 31.9 Å². The Hall–Kier alpha value is -4.40. The van der Waals surface area contributed by atoms with Crippen molar-refractivity contribution in [2.75, 3.05) is 0 Å². The van der Waals surface area contributed by atoms with Crippen molar-refractivity contribution in [1.82, 2.24) is 9.97 Å². The quantitative estimate of drug-likeness (QED) is 0.193. The Morgan fingerprint density at radius 1 is 0.865 bits per heavy atom. The first-order chi connectivity index (χ1) is 17.7. The highest BCUT2D eigenvalue weighted by Crippen LogP contribution is 2.29. The molecule has 5 nitrogen and oxygen atoms in total. The van der Waals surface area contributed by atoms with Crippen LogP contribution in [0, 0.1) is 5.82 Å². The van der Waals surface area contributed by atoms with Gasteiger partial charge in [-0.3, -0.25) is 19.6 Å². The summed E-state index contributed by atoms with van der Waals surface area (Å²) in [6.45, 7) is 0. The predicted octanol–water partition coefficient (Wildman–Crippen LogP) is 6.42. The van der Waals surface area contributed by atoms with Gasteiger partial charge in [0.15, 0.2) is 11.6 Å². The van der Waals surface area contributed by atoms with E-state index in [-0.39, 0.29) is 30.4 Å². The first-order valence-electron chi connectivity index (χ1n) is 11.2. The van der Waals surface area contributed by atoms with Crippen LogP contribution in [-0.2, 0) is 12.8 Å². The van der Waals surface area contributed by atoms with Gasteiger partial charge in [-0.1, -0.05) is 24.3 Å². The molecule has 2 heterocycles. The molecule has 0 saturated heterocycles. The molecule has 0 radical (unpaired) electrons. The smallest absolute Gasteiger partial charge is 0.405 e. The van der Waals surface area contributed by atoms with E-state index in [1.165, 1.54) is 18.3 Å². The van der Waals surface area contributed by atoms with Crippen molar-refractivity contribution in [3.05, 3.63) is 113 Å². The van der Waals surface area contributed by atoms with E-state index in [1.807, 2.05) is 0 Å². The Labute approximate surface area is 209 Å². The lowest BCUT2D eigenvalue weighted by atomic mass is 9.97. The Morgan fingerprint density at radius 2 is 1.68 bits per heavy atom. The zero-order valence-electron chi connectivity index (χ0n) is 19.3. The summed E-state index contributed by atoms with van der Waals surface area (Å²) in [6.07, 6.45) is -0.399. The summed E-state index contributed by atoms with van der Waals surface area (Å²) in [5, 5.41) is 0. The highest BCUT2D eigenvalue weighted by molar-refractivity contribution is 6.03. The predicted molar refractivity (Wildman–Crippen MR) is 128 cm³/mol. The van der Waals surface area contributed by atoms with Crippen LogP contribution in [0.15, 0.2) is 85.3 Å². The molecule has 188 valence electrons. The Kier molecular flexibility index (Phi) is 7.71. The van der Waals surface area contributed by atoms with E-state index in [2.05, 4.69) is 14.7 Å². The number of carbonyl (C=O) groups is 2. The first-order valence-corrected chi connectivity index (χ1v) is 11.2. The molecule has 0 saturated carbocycles. The van der Waals surface area contributed by atoms with E-state index in [0.717, 1.165) is 17.7 Å². The second kappa shape index (κ2) is 11.1. The number of ether oxygens (including phenoxy) is 1. The topological polar surface area (TPSA) is 69.2 Å². The SMILES string of the molecule is O=C(Cc1ccc(-c2ccccc2F)nc1)c1ccc(OC(F)(F)F)c(C(=O)CCc2cccnc2)c1. The van der Waals surface area contributed by atoms with Gasteiger partial charge >= 0.3 is 6.36 Å². The van der Waals surface area contributed by atoms with Gasteiger partial charge in [0.2, 0.25) is 0 Å². The average Bonchev–Trinajstić information content (AvgIpc) is 2.88. The maximum atomic E-state index is 14.0. The van der Waals surface area contributed by atoms with Crippen LogP contribution >= 0.6 is 0 Å². The molecule has 0 unspecified atom stereocenters. The zero-order valence-corrected chi connectivity index (χ0v) is 19.3. The summed E-state index contributed by atoms with van der Waals surface area (Å²) in [5.41, 5.74) is 1.69. The van der Waals surface area contributed by atoms with Crippen molar-refractivity contribution in [2.45, 2.75) is 25.6 Å². The number of aryl methyl sites for hydroxylation is 1. The summed E-state index contributed by atoms with van der Waals surface area (Å²) in [5.74, 6) is -2.13. The van der Waals surface area contributed by atoms with Crippen molar-refractivity contribution in [3.8, 4) is 17.0 Å². The number of benzene rings is 2. The highest BCUT2D eigenvalue weighted by atomic mass is 19.4. The first kappa shape index (κ1) is 25.7. The lowest BCUT2D eigenvalue weighted by molar-refractivity contribution is -0.274. The average molecular weight is 508 g/mol. The fourth-order valence-electron chi connectivity index (χ4n) is 3.72. The van der Waals surface area contributed by atoms with Crippen molar-refractivity contribution >= 4 is 11.6 Å². The van der Waals surface area contributed by atoms with Crippen LogP contribution in [0.4, 0.5) is 17.6 Å². The minimum Gasteiger partial charge on any atom is -0.405 e. The number of alkyl halides is 3. The van der Waals surface area contributed by atoms with E-state index in [0.29, 0.717) is 16.8 Å². The van der Waals surface area contributed by atoms with Crippen molar-refractivity contribution in [2.24, 2.45) is 0 Å². The molecule has 4 rings (SSSR count). The van der Waals surface area contributed by atoms with Gasteiger partial charge in [0.1, 0.15) is 11.6 Å². The third-order valence-electron chi connectivity index (χ3n) is 5.53. The summed E-state index contributed by atoms with van der Waals surface area (Å²) in [6, 6.07) is 16.1. The molecule has 37 heavy (non-hydrogen) atoms. The second-order valence-corrected chi connectivity index (χ2v) is 8.17. The Balaban J connectivity index is 1.53. The Morgan fingerprint density at radius 3 is 2.35 bits per heavy atom. The molecule has 0 aliphatic heterocycles. The number of aromatic nitrogens is 2. The number of ketones is 2. The van der Waals surface area contributed by atoms with Gasteiger partial charge in [-0.05, 0) is 60.0 Å². The molecule has 2 aromatic heterocycles. The molecular weight excluding hydrogens is 488 g/mol. The largest absolute Gasteiger partial charge is 0.573 e. The van der Waals surface area contributed by atoms with Gasteiger partial charge in [0.05, 0.1) is 11.3 Å². The van der Waals surface area contributed by atoms with Gasteiger partial charge < -0.3 is 4.74 Å². The molecule has 0 aliphatic rings. The molecule has 0 amide bonds. The molecule has 4 aromatic rings. The van der Waals surface area contributed by atoms with Crippen LogP contribution in [0.1, 0.15) is 38.3 Å². The molecule has 9 heteroatoms. The lowest BCUT2D eigenvalue weighted by Crippen LogP contribution is -2.19. The Bertz CT molecular complexity index is 1410. The number of pyridine rings is 2. The maximum Gasteiger partial charge on any atom is 0.573 e. The van der Waals surface area contributed by atoms with Crippen LogP contribution in [0.3, 0.4) is 0 Å². The van der Waals surface area contributed by atoms with Crippen LogP contribution in [0.2, 0.25) is 0 Å². The minimum atomic E-state index is -5.00. The monoisotopic (exact) mass is 508 g/mol. The normalized spacial score (nSPS) is 11.2. The van der Waals surface area contributed by atoms with Crippen LogP contribution < -0.4 is 4.74 Å². The number of carbonyl (C=O) groups excluding carboxylic acids is 2. The molecule has 0 bridgehead atoms. The van der Waals surface area contributed by atoms with E-state index in [1.54, 1.807) is 54.9 Å². The lowest BCUT2D eigenvalue weighted by Gasteiger charge is -2.14. The summed E-state index contributed by atoms with van der Waals surface area (Å²) in [7, 11) is 0. The molecular formula is C28H20F4N2O3. The minimum absolute atomic E-state index is 0.0532. The van der Waals surface area contributed by atoms with Crippen LogP contribution in [0.25, 0.3) is 11.3 Å². The summed E-state index contributed by atoms with van der Waals surface area (Å²) < 4.78 is 56.8. The molecule has 0 aliphatic carbocycles. The van der Waals surface area contributed by atoms with Gasteiger partial charge in [-0.15, -0.1) is 13.2 Å². The van der Waals surface area contributed by atoms with Gasteiger partial charge in [0, 0.05) is 42.6 Å². The third-order valence-corrected chi connectivity index (χ3v) is 5.53. The van der Waals surface area contributed by atoms with Crippen LogP contribution in [0.5, 0.6) is 5.75 Å². The fourth-order valence-corrected chi connectivity index (χ4v) is 3.72. The van der Waals surface area contributed by atoms with Gasteiger partial charge in [0.25, 0.3) is 0 Å².